The van der Waals surface area contributed by atoms with E-state index >= 15 is 0 Å². The number of benzene rings is 1. The van der Waals surface area contributed by atoms with Crippen molar-refractivity contribution in [3.05, 3.63) is 51.2 Å². The van der Waals surface area contributed by atoms with E-state index in [1.165, 1.54) is 10.4 Å². The summed E-state index contributed by atoms with van der Waals surface area (Å²) in [4.78, 5) is 16.5. The monoisotopic (exact) mass is 273 g/mol. The number of carbonyl (C=O) groups is 1. The third-order valence-electron chi connectivity index (χ3n) is 3.34. The van der Waals surface area contributed by atoms with E-state index in [2.05, 4.69) is 6.92 Å². The van der Waals surface area contributed by atoms with Gasteiger partial charge in [-0.25, -0.2) is 0 Å². The summed E-state index contributed by atoms with van der Waals surface area (Å²) < 4.78 is 0. The van der Waals surface area contributed by atoms with Crippen LogP contribution in [0.2, 0.25) is 0 Å². The first-order valence-electron chi connectivity index (χ1n) is 6.49. The molecule has 1 heterocycles. The molecule has 0 bridgehead atoms. The van der Waals surface area contributed by atoms with Crippen molar-refractivity contribution in [2.75, 3.05) is 11.4 Å². The van der Waals surface area contributed by atoms with Crippen LogP contribution in [0.1, 0.15) is 32.6 Å². The molecule has 0 atom stereocenters. The summed E-state index contributed by atoms with van der Waals surface area (Å²) in [5, 5.41) is 0. The molecule has 0 fully saturated rings. The Kier molecular flexibility index (Phi) is 4.05. The quantitative estimate of drug-likeness (QED) is 0.814. The van der Waals surface area contributed by atoms with E-state index in [9.17, 15) is 4.79 Å². The van der Waals surface area contributed by atoms with Crippen molar-refractivity contribution in [2.45, 2.75) is 27.7 Å². The minimum Gasteiger partial charge on any atom is -0.308 e. The molecule has 0 N–H and O–H groups in total. The maximum absolute atomic E-state index is 12.6. The standard InChI is InChI=1S/C16H19NOS/c1-5-17(14-9-7-6-8-11(14)2)16(18)15-10-12(3)13(4)19-15/h6-10H,5H2,1-4H3. The average Bonchev–Trinajstić information content (AvgIpc) is 2.73. The summed E-state index contributed by atoms with van der Waals surface area (Å²) in [6.07, 6.45) is 0. The molecule has 0 aliphatic carbocycles. The predicted octanol–water partition coefficient (Wildman–Crippen LogP) is 4.34. The van der Waals surface area contributed by atoms with Crippen LogP contribution in [0.4, 0.5) is 5.69 Å². The molecule has 3 heteroatoms. The Balaban J connectivity index is 2.37. The highest BCUT2D eigenvalue weighted by molar-refractivity contribution is 7.14. The number of amides is 1. The minimum absolute atomic E-state index is 0.0954. The van der Waals surface area contributed by atoms with Crippen molar-refractivity contribution in [1.82, 2.24) is 0 Å². The second kappa shape index (κ2) is 5.57. The predicted molar refractivity (Wildman–Crippen MR) is 82.3 cm³/mol. The number of para-hydroxylation sites is 1. The van der Waals surface area contributed by atoms with Gasteiger partial charge in [0.25, 0.3) is 5.91 Å². The fraction of sp³-hybridized carbons (Fsp3) is 0.312. The summed E-state index contributed by atoms with van der Waals surface area (Å²) in [6.45, 7) is 8.83. The van der Waals surface area contributed by atoms with Crippen LogP contribution >= 0.6 is 11.3 Å². The number of thiophene rings is 1. The van der Waals surface area contributed by atoms with Gasteiger partial charge in [-0.15, -0.1) is 11.3 Å². The van der Waals surface area contributed by atoms with Crippen molar-refractivity contribution in [3.8, 4) is 0 Å². The molecule has 0 spiro atoms. The molecule has 0 aliphatic heterocycles. The Morgan fingerprint density at radius 3 is 2.37 bits per heavy atom. The highest BCUT2D eigenvalue weighted by Crippen LogP contribution is 2.26. The van der Waals surface area contributed by atoms with Crippen molar-refractivity contribution >= 4 is 22.9 Å². The van der Waals surface area contributed by atoms with Gasteiger partial charge in [0, 0.05) is 17.1 Å². The Morgan fingerprint density at radius 2 is 1.84 bits per heavy atom. The zero-order valence-electron chi connectivity index (χ0n) is 11.9. The summed E-state index contributed by atoms with van der Waals surface area (Å²) in [5.41, 5.74) is 3.32. The van der Waals surface area contributed by atoms with Gasteiger partial charge < -0.3 is 4.90 Å². The second-order valence-electron chi connectivity index (χ2n) is 4.69. The molecule has 1 aromatic carbocycles. The number of hydrogen-bond acceptors (Lipinski definition) is 2. The van der Waals surface area contributed by atoms with Gasteiger partial charge >= 0.3 is 0 Å². The average molecular weight is 273 g/mol. The van der Waals surface area contributed by atoms with Crippen LogP contribution in [0.3, 0.4) is 0 Å². The minimum atomic E-state index is 0.0954. The van der Waals surface area contributed by atoms with Crippen LogP contribution in [-0.2, 0) is 0 Å². The Labute approximate surface area is 118 Å². The maximum atomic E-state index is 12.6. The van der Waals surface area contributed by atoms with E-state index in [1.807, 2.05) is 56.0 Å². The lowest BCUT2D eigenvalue weighted by Crippen LogP contribution is -2.30. The van der Waals surface area contributed by atoms with Crippen LogP contribution in [0.5, 0.6) is 0 Å². The van der Waals surface area contributed by atoms with Crippen LogP contribution in [-0.4, -0.2) is 12.5 Å². The zero-order chi connectivity index (χ0) is 14.0. The van der Waals surface area contributed by atoms with E-state index in [1.54, 1.807) is 11.3 Å². The second-order valence-corrected chi connectivity index (χ2v) is 5.94. The first kappa shape index (κ1) is 13.8. The van der Waals surface area contributed by atoms with E-state index in [4.69, 9.17) is 0 Å². The normalized spacial score (nSPS) is 10.5. The smallest absolute Gasteiger partial charge is 0.268 e. The van der Waals surface area contributed by atoms with E-state index < -0.39 is 0 Å². The van der Waals surface area contributed by atoms with E-state index in [-0.39, 0.29) is 5.91 Å². The van der Waals surface area contributed by atoms with E-state index in [0.29, 0.717) is 6.54 Å². The molecule has 0 aliphatic rings. The third-order valence-corrected chi connectivity index (χ3v) is 4.48. The van der Waals surface area contributed by atoms with Gasteiger partial charge in [-0.1, -0.05) is 18.2 Å². The van der Waals surface area contributed by atoms with Gasteiger partial charge in [0.2, 0.25) is 0 Å². The highest BCUT2D eigenvalue weighted by atomic mass is 32.1. The van der Waals surface area contributed by atoms with Gasteiger partial charge in [0.1, 0.15) is 0 Å². The molecular formula is C16H19NOS. The van der Waals surface area contributed by atoms with Gasteiger partial charge in [-0.2, -0.15) is 0 Å². The molecule has 0 unspecified atom stereocenters. The molecule has 0 radical (unpaired) electrons. The summed E-state index contributed by atoms with van der Waals surface area (Å²) in [6, 6.07) is 10.0. The SMILES string of the molecule is CCN(C(=O)c1cc(C)c(C)s1)c1ccccc1C. The molecule has 0 saturated carbocycles. The first-order valence-corrected chi connectivity index (χ1v) is 7.30. The number of hydrogen-bond donors (Lipinski definition) is 0. The van der Waals surface area contributed by atoms with Crippen molar-refractivity contribution in [1.29, 1.82) is 0 Å². The van der Waals surface area contributed by atoms with Crippen molar-refractivity contribution in [2.24, 2.45) is 0 Å². The van der Waals surface area contributed by atoms with Gasteiger partial charge in [0.15, 0.2) is 0 Å². The molecular weight excluding hydrogens is 254 g/mol. The van der Waals surface area contributed by atoms with Crippen LogP contribution in [0.15, 0.2) is 30.3 Å². The number of anilines is 1. The highest BCUT2D eigenvalue weighted by Gasteiger charge is 2.19. The molecule has 2 nitrogen and oxygen atoms in total. The lowest BCUT2D eigenvalue weighted by molar-refractivity contribution is 0.0992. The Hall–Kier alpha value is -1.61. The Bertz CT molecular complexity index is 581. The zero-order valence-corrected chi connectivity index (χ0v) is 12.7. The van der Waals surface area contributed by atoms with Crippen LogP contribution < -0.4 is 4.90 Å². The van der Waals surface area contributed by atoms with Crippen molar-refractivity contribution < 1.29 is 4.79 Å². The molecule has 1 aromatic heterocycles. The van der Waals surface area contributed by atoms with Crippen molar-refractivity contribution in [3.63, 3.8) is 0 Å². The lowest BCUT2D eigenvalue weighted by atomic mass is 10.1. The number of nitrogens with zero attached hydrogens (tertiary/aromatic N) is 1. The number of rotatable bonds is 3. The fourth-order valence-electron chi connectivity index (χ4n) is 2.10. The topological polar surface area (TPSA) is 20.3 Å². The molecule has 0 saturated heterocycles. The maximum Gasteiger partial charge on any atom is 0.268 e. The summed E-state index contributed by atoms with van der Waals surface area (Å²) in [7, 11) is 0. The van der Waals surface area contributed by atoms with Crippen LogP contribution in [0, 0.1) is 20.8 Å². The van der Waals surface area contributed by atoms with E-state index in [0.717, 1.165) is 16.1 Å². The Morgan fingerprint density at radius 1 is 1.16 bits per heavy atom. The fourth-order valence-corrected chi connectivity index (χ4v) is 3.08. The number of carbonyl (C=O) groups excluding carboxylic acids is 1. The van der Waals surface area contributed by atoms with Gasteiger partial charge in [-0.05, 0) is 51.0 Å². The largest absolute Gasteiger partial charge is 0.308 e. The molecule has 2 aromatic rings. The third kappa shape index (κ3) is 2.71. The number of aryl methyl sites for hydroxylation is 3. The molecule has 1 amide bonds. The lowest BCUT2D eigenvalue weighted by Gasteiger charge is -2.22. The van der Waals surface area contributed by atoms with Gasteiger partial charge in [0.05, 0.1) is 4.88 Å². The molecule has 100 valence electrons. The first-order chi connectivity index (χ1) is 9.04. The summed E-state index contributed by atoms with van der Waals surface area (Å²) in [5.74, 6) is 0.0954. The van der Waals surface area contributed by atoms with Crippen LogP contribution in [0.25, 0.3) is 0 Å². The molecule has 19 heavy (non-hydrogen) atoms. The molecule has 2 rings (SSSR count). The van der Waals surface area contributed by atoms with Gasteiger partial charge in [-0.3, -0.25) is 4.79 Å². The summed E-state index contributed by atoms with van der Waals surface area (Å²) >= 11 is 1.58.